The van der Waals surface area contributed by atoms with Gasteiger partial charge in [0.2, 0.25) is 11.6 Å². The molecule has 3 aromatic carbocycles. The fraction of sp³-hybridized carbons (Fsp3) is 0.0435. The largest absolute Gasteiger partial charge is 0.508 e. The molecule has 5 rings (SSSR count). The first-order valence-electron chi connectivity index (χ1n) is 9.30. The first kappa shape index (κ1) is 18.2. The fourth-order valence-corrected chi connectivity index (χ4v) is 4.04. The molecule has 0 fully saturated rings. The van der Waals surface area contributed by atoms with E-state index in [1.54, 1.807) is 18.3 Å². The van der Waals surface area contributed by atoms with Crippen LogP contribution in [0, 0.1) is 0 Å². The van der Waals surface area contributed by atoms with Crippen LogP contribution in [0.15, 0.2) is 88.4 Å². The Balaban J connectivity index is 1.55. The number of nitrogens with zero attached hydrogens (tertiary/aromatic N) is 3. The van der Waals surface area contributed by atoms with Crippen LogP contribution in [0.25, 0.3) is 16.9 Å². The summed E-state index contributed by atoms with van der Waals surface area (Å²) in [6, 6.07) is 22.8. The third-order valence-corrected chi connectivity index (χ3v) is 5.45. The van der Waals surface area contributed by atoms with E-state index in [9.17, 15) is 5.11 Å². The third-order valence-electron chi connectivity index (χ3n) is 4.63. The second-order valence-corrected chi connectivity index (χ2v) is 7.42. The van der Waals surface area contributed by atoms with Crippen LogP contribution in [-0.2, 0) is 0 Å². The number of hydrogen-bond donors (Lipinski definition) is 1. The Bertz CT molecular complexity index is 1280. The van der Waals surface area contributed by atoms with Gasteiger partial charge in [0.05, 0.1) is 11.9 Å². The number of aromatic nitrogens is 1. The van der Waals surface area contributed by atoms with E-state index in [0.29, 0.717) is 5.75 Å². The van der Waals surface area contributed by atoms with Crippen molar-refractivity contribution in [3.63, 3.8) is 0 Å². The number of hydrogen-bond acceptors (Lipinski definition) is 6. The van der Waals surface area contributed by atoms with Gasteiger partial charge in [-0.2, -0.15) is 5.10 Å². The van der Waals surface area contributed by atoms with Crippen LogP contribution in [0.2, 0.25) is 0 Å². The fourth-order valence-electron chi connectivity index (χ4n) is 3.18. The Kier molecular flexibility index (Phi) is 4.78. The molecular weight excluding hydrogens is 398 g/mol. The molecule has 4 aromatic rings. The molecule has 30 heavy (non-hydrogen) atoms. The highest BCUT2D eigenvalue weighted by molar-refractivity contribution is 7.07. The molecule has 1 aliphatic heterocycles. The summed E-state index contributed by atoms with van der Waals surface area (Å²) in [5, 5.41) is 20.4. The quantitative estimate of drug-likeness (QED) is 0.392. The van der Waals surface area contributed by atoms with Gasteiger partial charge in [0, 0.05) is 11.1 Å². The average Bonchev–Trinajstić information content (AvgIpc) is 3.42. The zero-order valence-corrected chi connectivity index (χ0v) is 16.6. The van der Waals surface area contributed by atoms with Gasteiger partial charge in [-0.05, 0) is 65.7 Å². The van der Waals surface area contributed by atoms with Gasteiger partial charge in [0.25, 0.3) is 0 Å². The van der Waals surface area contributed by atoms with Crippen molar-refractivity contribution in [2.75, 3.05) is 6.79 Å². The SMILES string of the molecule is Oc1ccc(-c2cs/c(=N/N=C\c3ccc4c(c3)OCO4)n2-c2ccccc2)cc1. The van der Waals surface area contributed by atoms with Crippen molar-refractivity contribution >= 4 is 17.6 Å². The highest BCUT2D eigenvalue weighted by atomic mass is 32.1. The van der Waals surface area contributed by atoms with E-state index in [1.165, 1.54) is 11.3 Å². The van der Waals surface area contributed by atoms with Gasteiger partial charge in [-0.3, -0.25) is 4.57 Å². The molecule has 0 amide bonds. The van der Waals surface area contributed by atoms with E-state index in [4.69, 9.17) is 9.47 Å². The summed E-state index contributed by atoms with van der Waals surface area (Å²) in [4.78, 5) is 0.737. The lowest BCUT2D eigenvalue weighted by Crippen LogP contribution is -2.13. The lowest BCUT2D eigenvalue weighted by molar-refractivity contribution is 0.174. The minimum Gasteiger partial charge on any atom is -0.508 e. The van der Waals surface area contributed by atoms with Crippen LogP contribution >= 0.6 is 11.3 Å². The van der Waals surface area contributed by atoms with Gasteiger partial charge in [-0.25, -0.2) is 0 Å². The Morgan fingerprint density at radius 3 is 2.57 bits per heavy atom. The van der Waals surface area contributed by atoms with E-state index in [1.807, 2.05) is 70.6 Å². The number of fused-ring (bicyclic) bond motifs is 1. The molecule has 0 radical (unpaired) electrons. The second-order valence-electron chi connectivity index (χ2n) is 6.58. The summed E-state index contributed by atoms with van der Waals surface area (Å²) in [5.74, 6) is 1.69. The van der Waals surface area contributed by atoms with E-state index in [2.05, 4.69) is 10.2 Å². The number of phenols is 1. The van der Waals surface area contributed by atoms with Crippen molar-refractivity contribution in [1.29, 1.82) is 0 Å². The lowest BCUT2D eigenvalue weighted by atomic mass is 10.1. The van der Waals surface area contributed by atoms with Crippen molar-refractivity contribution in [3.05, 3.63) is 88.5 Å². The molecule has 1 aromatic heterocycles. The highest BCUT2D eigenvalue weighted by Crippen LogP contribution is 2.32. The van der Waals surface area contributed by atoms with Crippen molar-refractivity contribution < 1.29 is 14.6 Å². The van der Waals surface area contributed by atoms with Crippen LogP contribution in [0.4, 0.5) is 0 Å². The van der Waals surface area contributed by atoms with Gasteiger partial charge in [0.15, 0.2) is 11.5 Å². The molecule has 2 heterocycles. The number of ether oxygens (including phenoxy) is 2. The van der Waals surface area contributed by atoms with Gasteiger partial charge in [-0.15, -0.1) is 16.4 Å². The van der Waals surface area contributed by atoms with Crippen LogP contribution in [-0.4, -0.2) is 22.7 Å². The number of thiazole rings is 1. The van der Waals surface area contributed by atoms with Crippen molar-refractivity contribution in [2.24, 2.45) is 10.2 Å². The number of benzene rings is 3. The molecule has 0 unspecified atom stereocenters. The Hall–Kier alpha value is -3.84. The normalized spacial score (nSPS) is 13.3. The van der Waals surface area contributed by atoms with Crippen LogP contribution in [0.3, 0.4) is 0 Å². The molecule has 0 spiro atoms. The third kappa shape index (κ3) is 3.58. The topological polar surface area (TPSA) is 68.3 Å². The summed E-state index contributed by atoms with van der Waals surface area (Å²) < 4.78 is 12.8. The summed E-state index contributed by atoms with van der Waals surface area (Å²) in [5.41, 5.74) is 3.82. The zero-order chi connectivity index (χ0) is 20.3. The molecule has 0 saturated carbocycles. The summed E-state index contributed by atoms with van der Waals surface area (Å²) in [6.45, 7) is 0.243. The smallest absolute Gasteiger partial charge is 0.231 e. The van der Waals surface area contributed by atoms with E-state index >= 15 is 0 Å². The van der Waals surface area contributed by atoms with E-state index < -0.39 is 0 Å². The maximum Gasteiger partial charge on any atom is 0.231 e. The van der Waals surface area contributed by atoms with E-state index in [-0.39, 0.29) is 12.5 Å². The van der Waals surface area contributed by atoms with Gasteiger partial charge >= 0.3 is 0 Å². The first-order valence-corrected chi connectivity index (χ1v) is 10.2. The van der Waals surface area contributed by atoms with E-state index in [0.717, 1.165) is 33.1 Å². The van der Waals surface area contributed by atoms with Crippen LogP contribution < -0.4 is 14.3 Å². The minimum atomic E-state index is 0.235. The molecule has 6 nitrogen and oxygen atoms in total. The first-order chi connectivity index (χ1) is 14.8. The average molecular weight is 415 g/mol. The molecule has 0 saturated heterocycles. The van der Waals surface area contributed by atoms with Crippen LogP contribution in [0.1, 0.15) is 5.56 Å². The summed E-state index contributed by atoms with van der Waals surface area (Å²) in [6.07, 6.45) is 1.69. The minimum absolute atomic E-state index is 0.235. The van der Waals surface area contributed by atoms with Gasteiger partial charge in [0.1, 0.15) is 5.75 Å². The molecule has 148 valence electrons. The molecule has 7 heteroatoms. The molecular formula is C23H17N3O3S. The highest BCUT2D eigenvalue weighted by Gasteiger charge is 2.13. The maximum absolute atomic E-state index is 9.62. The molecule has 0 aliphatic carbocycles. The predicted molar refractivity (Wildman–Crippen MR) is 116 cm³/mol. The molecule has 0 bridgehead atoms. The number of rotatable bonds is 4. The zero-order valence-electron chi connectivity index (χ0n) is 15.8. The molecule has 0 atom stereocenters. The monoisotopic (exact) mass is 415 g/mol. The molecule has 1 N–H and O–H groups in total. The summed E-state index contributed by atoms with van der Waals surface area (Å²) >= 11 is 1.50. The number of aromatic hydroxyl groups is 1. The predicted octanol–water partition coefficient (Wildman–Crippen LogP) is 4.57. The second kappa shape index (κ2) is 7.88. The van der Waals surface area contributed by atoms with Crippen molar-refractivity contribution in [3.8, 4) is 34.2 Å². The number of para-hydroxylation sites is 1. The van der Waals surface area contributed by atoms with Gasteiger partial charge in [-0.1, -0.05) is 18.2 Å². The summed E-state index contributed by atoms with van der Waals surface area (Å²) in [7, 11) is 0. The number of phenolic OH excluding ortho intramolecular Hbond substituents is 1. The van der Waals surface area contributed by atoms with Crippen LogP contribution in [0.5, 0.6) is 17.2 Å². The van der Waals surface area contributed by atoms with Crippen molar-refractivity contribution in [1.82, 2.24) is 4.57 Å². The standard InChI is InChI=1S/C23H17N3O3S/c27-19-9-7-17(8-10-19)20-14-30-23(26(20)18-4-2-1-3-5-18)25-24-13-16-6-11-21-22(12-16)29-15-28-21/h1-14,27H,15H2/b24-13-,25-23+. The lowest BCUT2D eigenvalue weighted by Gasteiger charge is -2.09. The van der Waals surface area contributed by atoms with Crippen molar-refractivity contribution in [2.45, 2.75) is 0 Å². The van der Waals surface area contributed by atoms with Gasteiger partial charge < -0.3 is 14.6 Å². The Labute approximate surface area is 176 Å². The molecule has 1 aliphatic rings. The Morgan fingerprint density at radius 1 is 0.933 bits per heavy atom. The Morgan fingerprint density at radius 2 is 1.73 bits per heavy atom. The maximum atomic E-state index is 9.62.